The fraction of sp³-hybridized carbons (Fsp3) is 0.136. The molecule has 0 radical (unpaired) electrons. The maximum Gasteiger partial charge on any atom is 0.270 e. The summed E-state index contributed by atoms with van der Waals surface area (Å²) in [5.74, 6) is -0.441. The van der Waals surface area contributed by atoms with Crippen LogP contribution in [0.25, 0.3) is 0 Å². The normalized spacial score (nSPS) is 10.9. The molecule has 3 aromatic carbocycles. The Kier molecular flexibility index (Phi) is 7.06. The van der Waals surface area contributed by atoms with Crippen LogP contribution in [-0.2, 0) is 10.0 Å². The molecular weight excluding hydrogens is 432 g/mol. The third-order valence-electron chi connectivity index (χ3n) is 4.68. The number of non-ortho nitro benzene ring substituents is 1. The van der Waals surface area contributed by atoms with E-state index in [4.69, 9.17) is 0 Å². The topological polar surface area (TPSA) is 122 Å². The van der Waals surface area contributed by atoms with Crippen molar-refractivity contribution in [1.29, 1.82) is 0 Å². The highest BCUT2D eigenvalue weighted by molar-refractivity contribution is 7.92. The van der Waals surface area contributed by atoms with Crippen molar-refractivity contribution in [3.05, 3.63) is 94.5 Å². The van der Waals surface area contributed by atoms with Gasteiger partial charge in [-0.25, -0.2) is 8.42 Å². The van der Waals surface area contributed by atoms with Gasteiger partial charge in [0.25, 0.3) is 21.6 Å². The molecule has 0 unspecified atom stereocenters. The summed E-state index contributed by atoms with van der Waals surface area (Å²) in [6, 6.07) is 20.6. The van der Waals surface area contributed by atoms with Gasteiger partial charge >= 0.3 is 0 Å². The number of carbonyl (C=O) groups excluding carboxylic acids is 1. The Morgan fingerprint density at radius 2 is 1.69 bits per heavy atom. The lowest BCUT2D eigenvalue weighted by Gasteiger charge is -2.19. The lowest BCUT2D eigenvalue weighted by atomic mass is 10.1. The molecule has 0 aromatic heterocycles. The van der Waals surface area contributed by atoms with Crippen LogP contribution in [0.5, 0.6) is 0 Å². The minimum Gasteiger partial charge on any atom is -0.373 e. The number of likely N-dealkylation sites (N-methyl/N-ethyl adjacent to an activating group) is 1. The summed E-state index contributed by atoms with van der Waals surface area (Å²) in [5.41, 5.74) is 0.880. The highest BCUT2D eigenvalue weighted by atomic mass is 32.2. The van der Waals surface area contributed by atoms with E-state index in [-0.39, 0.29) is 21.8 Å². The zero-order valence-corrected chi connectivity index (χ0v) is 18.1. The van der Waals surface area contributed by atoms with Gasteiger partial charge in [-0.15, -0.1) is 0 Å². The van der Waals surface area contributed by atoms with Gasteiger partial charge in [0.2, 0.25) is 0 Å². The highest BCUT2D eigenvalue weighted by Crippen LogP contribution is 2.23. The second-order valence-corrected chi connectivity index (χ2v) is 8.60. The van der Waals surface area contributed by atoms with Crippen LogP contribution >= 0.6 is 0 Å². The first-order valence-corrected chi connectivity index (χ1v) is 11.2. The predicted octanol–water partition coefficient (Wildman–Crippen LogP) is 3.26. The summed E-state index contributed by atoms with van der Waals surface area (Å²) in [5, 5.41) is 13.7. The van der Waals surface area contributed by atoms with Crippen LogP contribution in [0.3, 0.4) is 0 Å². The molecule has 0 fully saturated rings. The maximum atomic E-state index is 12.7. The van der Waals surface area contributed by atoms with Crippen molar-refractivity contribution in [1.82, 2.24) is 5.32 Å². The average Bonchev–Trinajstić information content (AvgIpc) is 2.79. The van der Waals surface area contributed by atoms with E-state index in [9.17, 15) is 23.3 Å². The number of amides is 1. The van der Waals surface area contributed by atoms with E-state index in [1.807, 2.05) is 42.3 Å². The van der Waals surface area contributed by atoms with Crippen molar-refractivity contribution in [2.24, 2.45) is 0 Å². The number of nitrogens with one attached hydrogen (secondary N) is 2. The van der Waals surface area contributed by atoms with Gasteiger partial charge in [-0.05, 0) is 30.3 Å². The summed E-state index contributed by atoms with van der Waals surface area (Å²) >= 11 is 0. The molecule has 0 bridgehead atoms. The number of para-hydroxylation sites is 2. The molecule has 1 amide bonds. The SMILES string of the molecule is CN(CCNC(=O)c1ccccc1NS(=O)(=O)c1cccc([N+](=O)[O-])c1)c1ccccc1. The number of sulfonamides is 1. The largest absolute Gasteiger partial charge is 0.373 e. The molecule has 2 N–H and O–H groups in total. The summed E-state index contributed by atoms with van der Waals surface area (Å²) in [7, 11) is -2.23. The van der Waals surface area contributed by atoms with E-state index in [1.54, 1.807) is 12.1 Å². The van der Waals surface area contributed by atoms with Crippen LogP contribution in [0.1, 0.15) is 10.4 Å². The Bertz CT molecular complexity index is 1220. The molecule has 0 aliphatic rings. The molecule has 10 heteroatoms. The van der Waals surface area contributed by atoms with Crippen molar-refractivity contribution in [3.63, 3.8) is 0 Å². The molecule has 3 rings (SSSR count). The minimum absolute atomic E-state index is 0.0768. The second-order valence-electron chi connectivity index (χ2n) is 6.92. The van der Waals surface area contributed by atoms with E-state index in [1.165, 1.54) is 30.3 Å². The monoisotopic (exact) mass is 454 g/mol. The van der Waals surface area contributed by atoms with Gasteiger partial charge in [0.05, 0.1) is 21.1 Å². The molecule has 0 aliphatic heterocycles. The Morgan fingerprint density at radius 3 is 2.41 bits per heavy atom. The maximum absolute atomic E-state index is 12.7. The minimum atomic E-state index is -4.14. The third-order valence-corrected chi connectivity index (χ3v) is 6.05. The van der Waals surface area contributed by atoms with E-state index >= 15 is 0 Å². The molecule has 32 heavy (non-hydrogen) atoms. The van der Waals surface area contributed by atoms with Gasteiger partial charge in [0.15, 0.2) is 0 Å². The number of hydrogen-bond acceptors (Lipinski definition) is 6. The van der Waals surface area contributed by atoms with Crippen molar-refractivity contribution < 1.29 is 18.1 Å². The number of hydrogen-bond donors (Lipinski definition) is 2. The molecule has 0 aliphatic carbocycles. The molecule has 0 spiro atoms. The fourth-order valence-electron chi connectivity index (χ4n) is 2.98. The van der Waals surface area contributed by atoms with Crippen molar-refractivity contribution in [2.45, 2.75) is 4.90 Å². The van der Waals surface area contributed by atoms with Crippen molar-refractivity contribution >= 4 is 33.0 Å². The lowest BCUT2D eigenvalue weighted by molar-refractivity contribution is -0.385. The standard InChI is InChI=1S/C22H22N4O5S/c1-25(17-8-3-2-4-9-17)15-14-23-22(27)20-12-5-6-13-21(20)24-32(30,31)19-11-7-10-18(16-19)26(28)29/h2-13,16,24H,14-15H2,1H3,(H,23,27). The Labute approximate surface area is 185 Å². The number of nitrogens with zero attached hydrogens (tertiary/aromatic N) is 2. The Morgan fingerprint density at radius 1 is 1.00 bits per heavy atom. The lowest BCUT2D eigenvalue weighted by Crippen LogP contribution is -2.33. The van der Waals surface area contributed by atoms with Gasteiger partial charge in [-0.1, -0.05) is 36.4 Å². The fourth-order valence-corrected chi connectivity index (χ4v) is 4.10. The molecule has 0 heterocycles. The number of benzene rings is 3. The number of nitro groups is 1. The van der Waals surface area contributed by atoms with Crippen LogP contribution < -0.4 is 14.9 Å². The molecule has 3 aromatic rings. The van der Waals surface area contributed by atoms with Gasteiger partial charge < -0.3 is 10.2 Å². The number of rotatable bonds is 9. The van der Waals surface area contributed by atoms with Gasteiger partial charge in [0, 0.05) is 38.0 Å². The summed E-state index contributed by atoms with van der Waals surface area (Å²) in [6.45, 7) is 0.896. The molecule has 0 saturated carbocycles. The summed E-state index contributed by atoms with van der Waals surface area (Å²) in [4.78, 5) is 24.7. The van der Waals surface area contributed by atoms with E-state index in [2.05, 4.69) is 10.0 Å². The van der Waals surface area contributed by atoms with E-state index in [0.29, 0.717) is 13.1 Å². The Balaban J connectivity index is 1.70. The molecule has 0 saturated heterocycles. The smallest absolute Gasteiger partial charge is 0.270 e. The van der Waals surface area contributed by atoms with Crippen LogP contribution in [0.2, 0.25) is 0 Å². The predicted molar refractivity (Wildman–Crippen MR) is 122 cm³/mol. The zero-order valence-electron chi connectivity index (χ0n) is 17.3. The van der Waals surface area contributed by atoms with Crippen molar-refractivity contribution in [2.75, 3.05) is 29.8 Å². The third kappa shape index (κ3) is 5.61. The van der Waals surface area contributed by atoms with Crippen LogP contribution in [0, 0.1) is 10.1 Å². The van der Waals surface area contributed by atoms with Crippen LogP contribution in [0.4, 0.5) is 17.1 Å². The first-order chi connectivity index (χ1) is 15.3. The average molecular weight is 455 g/mol. The summed E-state index contributed by atoms with van der Waals surface area (Å²) < 4.78 is 27.8. The summed E-state index contributed by atoms with van der Waals surface area (Å²) in [6.07, 6.45) is 0. The molecular formula is C22H22N4O5S. The van der Waals surface area contributed by atoms with Crippen LogP contribution in [-0.4, -0.2) is 39.4 Å². The van der Waals surface area contributed by atoms with E-state index in [0.717, 1.165) is 11.8 Å². The van der Waals surface area contributed by atoms with Crippen LogP contribution in [0.15, 0.2) is 83.8 Å². The Hall–Kier alpha value is -3.92. The number of nitro benzene ring substituents is 1. The number of carbonyl (C=O) groups is 1. The zero-order chi connectivity index (χ0) is 23.1. The van der Waals surface area contributed by atoms with Crippen molar-refractivity contribution in [3.8, 4) is 0 Å². The van der Waals surface area contributed by atoms with E-state index < -0.39 is 20.9 Å². The number of anilines is 2. The molecule has 166 valence electrons. The van der Waals surface area contributed by atoms with Gasteiger partial charge in [0.1, 0.15) is 0 Å². The molecule has 9 nitrogen and oxygen atoms in total. The quantitative estimate of drug-likeness (QED) is 0.378. The first-order valence-electron chi connectivity index (χ1n) is 9.68. The van der Waals surface area contributed by atoms with Gasteiger partial charge in [-0.2, -0.15) is 0 Å². The first kappa shape index (κ1) is 22.8. The second kappa shape index (κ2) is 9.92. The van der Waals surface area contributed by atoms with Gasteiger partial charge in [-0.3, -0.25) is 19.6 Å². The highest BCUT2D eigenvalue weighted by Gasteiger charge is 2.20. The molecule has 0 atom stereocenters.